The Morgan fingerprint density at radius 2 is 1.90 bits per heavy atom. The maximum absolute atomic E-state index is 12.9. The summed E-state index contributed by atoms with van der Waals surface area (Å²) in [5.41, 5.74) is 1.14. The van der Waals surface area contributed by atoms with Crippen molar-refractivity contribution in [2.45, 2.75) is 11.2 Å². The summed E-state index contributed by atoms with van der Waals surface area (Å²) in [6.45, 7) is 0. The third-order valence-corrected chi connectivity index (χ3v) is 6.43. The third-order valence-electron chi connectivity index (χ3n) is 4.30. The second kappa shape index (κ2) is 8.86. The van der Waals surface area contributed by atoms with E-state index in [1.165, 1.54) is 41.6 Å². The van der Waals surface area contributed by atoms with Gasteiger partial charge < -0.3 is 5.32 Å². The maximum Gasteiger partial charge on any atom is 0.416 e. The minimum absolute atomic E-state index is 0.0156. The highest BCUT2D eigenvalue weighted by molar-refractivity contribution is 8.00. The molecule has 158 valence electrons. The fourth-order valence-corrected chi connectivity index (χ4v) is 4.82. The molecule has 31 heavy (non-hydrogen) atoms. The van der Waals surface area contributed by atoms with Crippen LogP contribution in [0.25, 0.3) is 21.3 Å². The second-order valence-corrected chi connectivity index (χ2v) is 8.69. The van der Waals surface area contributed by atoms with Gasteiger partial charge in [0.1, 0.15) is 16.2 Å². The Balaban J connectivity index is 1.52. The van der Waals surface area contributed by atoms with Gasteiger partial charge in [-0.05, 0) is 35.9 Å². The Bertz CT molecular complexity index is 1240. The van der Waals surface area contributed by atoms with Gasteiger partial charge in [0.2, 0.25) is 5.91 Å². The summed E-state index contributed by atoms with van der Waals surface area (Å²) in [4.78, 5) is 21.7. The molecule has 0 atom stereocenters. The molecule has 4 nitrogen and oxygen atoms in total. The van der Waals surface area contributed by atoms with Crippen molar-refractivity contribution in [1.29, 1.82) is 0 Å². The van der Waals surface area contributed by atoms with Crippen LogP contribution < -0.4 is 5.32 Å². The van der Waals surface area contributed by atoms with Crippen molar-refractivity contribution in [3.8, 4) is 11.1 Å². The number of benzene rings is 2. The molecule has 1 amide bonds. The first-order chi connectivity index (χ1) is 14.8. The summed E-state index contributed by atoms with van der Waals surface area (Å²) < 4.78 is 38.6. The predicted octanol–water partition coefficient (Wildman–Crippen LogP) is 6.76. The zero-order valence-electron chi connectivity index (χ0n) is 15.6. The molecule has 0 unspecified atom stereocenters. The summed E-state index contributed by atoms with van der Waals surface area (Å²) >= 11 is 8.64. The van der Waals surface area contributed by atoms with E-state index in [4.69, 9.17) is 11.6 Å². The fraction of sp³-hybridized carbons (Fsp3) is 0.0952. The lowest BCUT2D eigenvalue weighted by molar-refractivity contribution is -0.137. The molecule has 0 aliphatic carbocycles. The van der Waals surface area contributed by atoms with Gasteiger partial charge in [0.25, 0.3) is 0 Å². The topological polar surface area (TPSA) is 54.9 Å². The molecule has 0 aliphatic heterocycles. The monoisotopic (exact) mass is 479 g/mol. The van der Waals surface area contributed by atoms with Crippen LogP contribution >= 0.6 is 34.7 Å². The largest absolute Gasteiger partial charge is 0.416 e. The van der Waals surface area contributed by atoms with E-state index in [1.54, 1.807) is 12.1 Å². The number of halogens is 4. The number of alkyl halides is 3. The van der Waals surface area contributed by atoms with Crippen LogP contribution in [-0.2, 0) is 11.0 Å². The number of anilines is 1. The molecule has 0 saturated heterocycles. The SMILES string of the molecule is O=C(CSc1ncnc2scc(-c3ccc(Cl)cc3)c12)Nc1cccc(C(F)(F)F)c1. The molecular weight excluding hydrogens is 467 g/mol. The lowest BCUT2D eigenvalue weighted by Crippen LogP contribution is -2.15. The first-order valence-electron chi connectivity index (χ1n) is 8.89. The minimum atomic E-state index is -4.47. The number of hydrogen-bond donors (Lipinski definition) is 1. The summed E-state index contributed by atoms with van der Waals surface area (Å²) in [5.74, 6) is -0.447. The molecule has 0 aliphatic rings. The molecule has 2 aromatic carbocycles. The summed E-state index contributed by atoms with van der Waals surface area (Å²) in [7, 11) is 0. The Kier molecular flexibility index (Phi) is 6.17. The summed E-state index contributed by atoms with van der Waals surface area (Å²) in [6.07, 6.45) is -3.05. The fourth-order valence-electron chi connectivity index (χ4n) is 2.90. The number of hydrogen-bond acceptors (Lipinski definition) is 5. The number of carbonyl (C=O) groups is 1. The van der Waals surface area contributed by atoms with Crippen molar-refractivity contribution in [2.75, 3.05) is 11.1 Å². The Labute approximate surface area is 188 Å². The molecule has 10 heteroatoms. The second-order valence-electron chi connectivity index (χ2n) is 6.43. The number of fused-ring (bicyclic) bond motifs is 1. The van der Waals surface area contributed by atoms with E-state index in [-0.39, 0.29) is 11.4 Å². The van der Waals surface area contributed by atoms with Crippen LogP contribution in [0.4, 0.5) is 18.9 Å². The van der Waals surface area contributed by atoms with Crippen molar-refractivity contribution >= 4 is 56.5 Å². The molecule has 0 bridgehead atoms. The Morgan fingerprint density at radius 3 is 2.65 bits per heavy atom. The smallest absolute Gasteiger partial charge is 0.325 e. The van der Waals surface area contributed by atoms with Gasteiger partial charge in [-0.1, -0.05) is 41.6 Å². The first kappa shape index (κ1) is 21.6. The van der Waals surface area contributed by atoms with Crippen LogP contribution in [0, 0.1) is 0 Å². The lowest BCUT2D eigenvalue weighted by atomic mass is 10.1. The van der Waals surface area contributed by atoms with Crippen molar-refractivity contribution in [3.63, 3.8) is 0 Å². The number of aromatic nitrogens is 2. The van der Waals surface area contributed by atoms with Crippen LogP contribution in [-0.4, -0.2) is 21.6 Å². The zero-order chi connectivity index (χ0) is 22.0. The van der Waals surface area contributed by atoms with E-state index < -0.39 is 17.6 Å². The zero-order valence-corrected chi connectivity index (χ0v) is 18.0. The number of thiophene rings is 1. The highest BCUT2D eigenvalue weighted by Crippen LogP contribution is 2.38. The number of nitrogens with zero attached hydrogens (tertiary/aromatic N) is 2. The maximum atomic E-state index is 12.9. The normalized spacial score (nSPS) is 11.6. The van der Waals surface area contributed by atoms with E-state index >= 15 is 0 Å². The average Bonchev–Trinajstić information content (AvgIpc) is 3.17. The standard InChI is InChI=1S/C21H13ClF3N3OS2/c22-14-6-4-12(5-7-14)16-9-30-19-18(16)20(27-11-26-19)31-10-17(29)28-15-3-1-2-13(8-15)21(23,24)25/h1-9,11H,10H2,(H,28,29). The van der Waals surface area contributed by atoms with Crippen molar-refractivity contribution < 1.29 is 18.0 Å². The van der Waals surface area contributed by atoms with Crippen molar-refractivity contribution in [1.82, 2.24) is 9.97 Å². The highest BCUT2D eigenvalue weighted by atomic mass is 35.5. The number of rotatable bonds is 5. The van der Waals surface area contributed by atoms with E-state index in [9.17, 15) is 18.0 Å². The molecule has 0 spiro atoms. The molecular formula is C21H13ClF3N3OS2. The minimum Gasteiger partial charge on any atom is -0.325 e. The summed E-state index contributed by atoms with van der Waals surface area (Å²) in [5, 5.41) is 6.54. The van der Waals surface area contributed by atoms with E-state index in [0.29, 0.717) is 10.0 Å². The highest BCUT2D eigenvalue weighted by Gasteiger charge is 2.30. The van der Waals surface area contributed by atoms with Crippen LogP contribution in [0.2, 0.25) is 5.02 Å². The molecule has 4 rings (SSSR count). The third kappa shape index (κ3) is 5.00. The van der Waals surface area contributed by atoms with Gasteiger partial charge in [-0.2, -0.15) is 13.2 Å². The van der Waals surface area contributed by atoms with Crippen LogP contribution in [0.3, 0.4) is 0 Å². The molecule has 0 saturated carbocycles. The molecule has 4 aromatic rings. The number of thioether (sulfide) groups is 1. The Morgan fingerprint density at radius 1 is 1.13 bits per heavy atom. The van der Waals surface area contributed by atoms with Crippen LogP contribution in [0.5, 0.6) is 0 Å². The van der Waals surface area contributed by atoms with Gasteiger partial charge >= 0.3 is 6.18 Å². The van der Waals surface area contributed by atoms with Crippen molar-refractivity contribution in [2.24, 2.45) is 0 Å². The molecule has 0 radical (unpaired) electrons. The van der Waals surface area contributed by atoms with Crippen LogP contribution in [0.1, 0.15) is 5.56 Å². The van der Waals surface area contributed by atoms with Gasteiger partial charge in [0.05, 0.1) is 16.7 Å². The molecule has 0 fully saturated rings. The number of carbonyl (C=O) groups excluding carboxylic acids is 1. The van der Waals surface area contributed by atoms with E-state index in [1.807, 2.05) is 17.5 Å². The number of nitrogens with one attached hydrogen (secondary N) is 1. The van der Waals surface area contributed by atoms with E-state index in [2.05, 4.69) is 15.3 Å². The molecule has 1 N–H and O–H groups in total. The first-order valence-corrected chi connectivity index (χ1v) is 11.1. The van der Waals surface area contributed by atoms with Crippen molar-refractivity contribution in [3.05, 3.63) is 70.8 Å². The molecule has 2 heterocycles. The predicted molar refractivity (Wildman–Crippen MR) is 119 cm³/mol. The van der Waals surface area contributed by atoms with Gasteiger partial charge in [-0.3, -0.25) is 4.79 Å². The summed E-state index contributed by atoms with van der Waals surface area (Å²) in [6, 6.07) is 11.9. The van der Waals surface area contributed by atoms with Gasteiger partial charge in [0, 0.05) is 21.7 Å². The lowest BCUT2D eigenvalue weighted by Gasteiger charge is -2.10. The molecule has 2 aromatic heterocycles. The van der Waals surface area contributed by atoms with Gasteiger partial charge in [0.15, 0.2) is 0 Å². The van der Waals surface area contributed by atoms with Gasteiger partial charge in [-0.25, -0.2) is 9.97 Å². The Hall–Kier alpha value is -2.62. The number of amides is 1. The average molecular weight is 480 g/mol. The quantitative estimate of drug-likeness (QED) is 0.254. The van der Waals surface area contributed by atoms with Gasteiger partial charge in [-0.15, -0.1) is 11.3 Å². The van der Waals surface area contributed by atoms with E-state index in [0.717, 1.165) is 33.5 Å². The van der Waals surface area contributed by atoms with Crippen LogP contribution in [0.15, 0.2) is 65.3 Å².